The van der Waals surface area contributed by atoms with Gasteiger partial charge in [0.2, 0.25) is 10.0 Å². The lowest BCUT2D eigenvalue weighted by Gasteiger charge is -2.20. The van der Waals surface area contributed by atoms with Gasteiger partial charge in [0.05, 0.1) is 12.7 Å². The van der Waals surface area contributed by atoms with Gasteiger partial charge in [-0.2, -0.15) is 4.31 Å². The zero-order valence-corrected chi connectivity index (χ0v) is 11.6. The second-order valence-electron chi connectivity index (χ2n) is 4.08. The van der Waals surface area contributed by atoms with Crippen molar-refractivity contribution in [2.45, 2.75) is 25.5 Å². The third-order valence-electron chi connectivity index (χ3n) is 2.80. The van der Waals surface area contributed by atoms with Gasteiger partial charge < -0.3 is 14.6 Å². The molecule has 0 aromatic rings. The van der Waals surface area contributed by atoms with Gasteiger partial charge in [-0.1, -0.05) is 0 Å². The Morgan fingerprint density at radius 3 is 2.53 bits per heavy atom. The number of carbonyl (C=O) groups excluding carboxylic acids is 1. The molecule has 2 unspecified atom stereocenters. The maximum Gasteiger partial charge on any atom is 0.322 e. The Morgan fingerprint density at radius 2 is 2.05 bits per heavy atom. The van der Waals surface area contributed by atoms with E-state index >= 15 is 0 Å². The zero-order valence-electron chi connectivity index (χ0n) is 10.7. The minimum Gasteiger partial charge on any atom is -0.480 e. The van der Waals surface area contributed by atoms with Crippen molar-refractivity contribution in [3.05, 3.63) is 0 Å². The summed E-state index contributed by atoms with van der Waals surface area (Å²) in [6.07, 6.45) is -0.425. The van der Waals surface area contributed by atoms with Crippen molar-refractivity contribution in [3.63, 3.8) is 0 Å². The lowest BCUT2D eigenvalue weighted by molar-refractivity contribution is -0.142. The van der Waals surface area contributed by atoms with Crippen LogP contribution in [-0.4, -0.2) is 67.9 Å². The van der Waals surface area contributed by atoms with Gasteiger partial charge in [0.15, 0.2) is 5.75 Å². The molecule has 9 heteroatoms. The minimum atomic E-state index is -4.02. The van der Waals surface area contributed by atoms with Crippen molar-refractivity contribution >= 4 is 22.0 Å². The molecule has 1 aliphatic heterocycles. The summed E-state index contributed by atoms with van der Waals surface area (Å²) < 4.78 is 34.3. The molecule has 0 saturated carbocycles. The standard InChI is InChI=1S/C10H17NO7S/c1-3-18-9(12)6-19(15,16)11-5-7(17-2)4-8(11)10(13)14/h7-8H,3-6H2,1-2H3,(H,13,14). The summed E-state index contributed by atoms with van der Waals surface area (Å²) >= 11 is 0. The van der Waals surface area contributed by atoms with Gasteiger partial charge in [0, 0.05) is 20.1 Å². The number of ether oxygens (including phenoxy) is 2. The molecule has 1 heterocycles. The second-order valence-corrected chi connectivity index (χ2v) is 6.00. The van der Waals surface area contributed by atoms with E-state index in [0.29, 0.717) is 0 Å². The number of nitrogens with zero attached hydrogens (tertiary/aromatic N) is 1. The summed E-state index contributed by atoms with van der Waals surface area (Å²) in [7, 11) is -2.64. The van der Waals surface area contributed by atoms with Gasteiger partial charge in [0.25, 0.3) is 0 Å². The molecule has 1 aliphatic rings. The number of methoxy groups -OCH3 is 1. The Labute approximate surface area is 111 Å². The first-order chi connectivity index (χ1) is 8.81. The van der Waals surface area contributed by atoms with Crippen LogP contribution in [-0.2, 0) is 29.1 Å². The van der Waals surface area contributed by atoms with E-state index in [4.69, 9.17) is 9.84 Å². The highest BCUT2D eigenvalue weighted by Crippen LogP contribution is 2.24. The Kier molecular flexibility index (Phi) is 5.27. The predicted octanol–water partition coefficient (Wildman–Crippen LogP) is -0.947. The van der Waals surface area contributed by atoms with Crippen LogP contribution in [0.3, 0.4) is 0 Å². The minimum absolute atomic E-state index is 0.0634. The zero-order chi connectivity index (χ0) is 14.6. The molecule has 1 rings (SSSR count). The van der Waals surface area contributed by atoms with Crippen LogP contribution in [0.15, 0.2) is 0 Å². The monoisotopic (exact) mass is 295 g/mol. The molecular formula is C10H17NO7S. The van der Waals surface area contributed by atoms with E-state index in [2.05, 4.69) is 4.74 Å². The van der Waals surface area contributed by atoms with Gasteiger partial charge >= 0.3 is 11.9 Å². The Morgan fingerprint density at radius 1 is 1.42 bits per heavy atom. The summed E-state index contributed by atoms with van der Waals surface area (Å²) in [5.74, 6) is -3.01. The Balaban J connectivity index is 2.86. The molecule has 2 atom stereocenters. The summed E-state index contributed by atoms with van der Waals surface area (Å²) in [6, 6.07) is -1.20. The fourth-order valence-corrected chi connectivity index (χ4v) is 3.41. The van der Waals surface area contributed by atoms with E-state index < -0.39 is 39.9 Å². The Hall–Kier alpha value is -1.19. The highest BCUT2D eigenvalue weighted by Gasteiger charge is 2.44. The molecule has 0 aliphatic carbocycles. The number of aliphatic carboxylic acids is 1. The molecule has 19 heavy (non-hydrogen) atoms. The highest BCUT2D eigenvalue weighted by atomic mass is 32.2. The SMILES string of the molecule is CCOC(=O)CS(=O)(=O)N1CC(OC)CC1C(=O)O. The first kappa shape index (κ1) is 15.9. The van der Waals surface area contributed by atoms with Gasteiger partial charge in [0.1, 0.15) is 6.04 Å². The first-order valence-electron chi connectivity index (χ1n) is 5.72. The smallest absolute Gasteiger partial charge is 0.322 e. The Bertz CT molecular complexity index is 447. The van der Waals surface area contributed by atoms with Crippen molar-refractivity contribution in [1.82, 2.24) is 4.31 Å². The van der Waals surface area contributed by atoms with E-state index in [1.807, 2.05) is 0 Å². The summed E-state index contributed by atoms with van der Waals surface area (Å²) in [4.78, 5) is 22.3. The van der Waals surface area contributed by atoms with Crippen LogP contribution in [0.4, 0.5) is 0 Å². The molecule has 0 bridgehead atoms. The van der Waals surface area contributed by atoms with Crippen LogP contribution >= 0.6 is 0 Å². The van der Waals surface area contributed by atoms with Gasteiger partial charge in [-0.05, 0) is 6.92 Å². The first-order valence-corrected chi connectivity index (χ1v) is 7.33. The van der Waals surface area contributed by atoms with Crippen molar-refractivity contribution in [2.24, 2.45) is 0 Å². The van der Waals surface area contributed by atoms with E-state index in [1.165, 1.54) is 7.11 Å². The third kappa shape index (κ3) is 3.88. The van der Waals surface area contributed by atoms with Crippen molar-refractivity contribution in [1.29, 1.82) is 0 Å². The molecular weight excluding hydrogens is 278 g/mol. The largest absolute Gasteiger partial charge is 0.480 e. The van der Waals surface area contributed by atoms with E-state index in [9.17, 15) is 18.0 Å². The number of rotatable bonds is 6. The number of carboxylic acids is 1. The topological polar surface area (TPSA) is 110 Å². The number of hydrogen-bond acceptors (Lipinski definition) is 6. The van der Waals surface area contributed by atoms with Gasteiger partial charge in [-0.3, -0.25) is 9.59 Å². The molecule has 0 aromatic carbocycles. The quantitative estimate of drug-likeness (QED) is 0.629. The number of carbonyl (C=O) groups is 2. The molecule has 110 valence electrons. The molecule has 0 radical (unpaired) electrons. The predicted molar refractivity (Wildman–Crippen MR) is 64.0 cm³/mol. The van der Waals surface area contributed by atoms with E-state index in [-0.39, 0.29) is 19.6 Å². The maximum atomic E-state index is 12.0. The normalized spacial score (nSPS) is 24.3. The molecule has 8 nitrogen and oxygen atoms in total. The van der Waals surface area contributed by atoms with Crippen LogP contribution < -0.4 is 0 Å². The number of esters is 1. The van der Waals surface area contributed by atoms with Crippen LogP contribution in [0.1, 0.15) is 13.3 Å². The van der Waals surface area contributed by atoms with Crippen LogP contribution in [0.2, 0.25) is 0 Å². The van der Waals surface area contributed by atoms with E-state index in [0.717, 1.165) is 4.31 Å². The fraction of sp³-hybridized carbons (Fsp3) is 0.800. The molecule has 1 saturated heterocycles. The number of carboxylic acid groups (broad SMARTS) is 1. The van der Waals surface area contributed by atoms with Gasteiger partial charge in [-0.25, -0.2) is 8.42 Å². The van der Waals surface area contributed by atoms with Gasteiger partial charge in [-0.15, -0.1) is 0 Å². The maximum absolute atomic E-state index is 12.0. The lowest BCUT2D eigenvalue weighted by Crippen LogP contribution is -2.43. The fourth-order valence-electron chi connectivity index (χ4n) is 1.91. The van der Waals surface area contributed by atoms with Crippen molar-refractivity contribution in [3.8, 4) is 0 Å². The molecule has 1 fully saturated rings. The summed E-state index contributed by atoms with van der Waals surface area (Å²) in [5, 5.41) is 9.02. The van der Waals surface area contributed by atoms with Crippen molar-refractivity contribution in [2.75, 3.05) is 26.0 Å². The average Bonchev–Trinajstić information content (AvgIpc) is 2.73. The summed E-state index contributed by atoms with van der Waals surface area (Å²) in [6.45, 7) is 1.55. The highest BCUT2D eigenvalue weighted by molar-refractivity contribution is 7.89. The number of hydrogen-bond donors (Lipinski definition) is 1. The molecule has 0 spiro atoms. The second kappa shape index (κ2) is 6.31. The lowest BCUT2D eigenvalue weighted by atomic mass is 10.2. The number of sulfonamides is 1. The summed E-state index contributed by atoms with van der Waals surface area (Å²) in [5.41, 5.74) is 0. The molecule has 0 amide bonds. The third-order valence-corrected chi connectivity index (χ3v) is 4.52. The van der Waals surface area contributed by atoms with E-state index in [1.54, 1.807) is 6.92 Å². The average molecular weight is 295 g/mol. The van der Waals surface area contributed by atoms with Crippen LogP contribution in [0.5, 0.6) is 0 Å². The molecule has 1 N–H and O–H groups in total. The molecule has 0 aromatic heterocycles. The van der Waals surface area contributed by atoms with Crippen LogP contribution in [0.25, 0.3) is 0 Å². The van der Waals surface area contributed by atoms with Crippen molar-refractivity contribution < 1.29 is 32.6 Å². The van der Waals surface area contributed by atoms with Crippen LogP contribution in [0, 0.1) is 0 Å².